The number of primary amides is 1. The van der Waals surface area contributed by atoms with Gasteiger partial charge in [-0.05, 0) is 42.0 Å². The van der Waals surface area contributed by atoms with Gasteiger partial charge in [-0.3, -0.25) is 4.79 Å². The summed E-state index contributed by atoms with van der Waals surface area (Å²) in [4.78, 5) is 11.0. The number of ether oxygens (including phenoxy) is 1. The van der Waals surface area contributed by atoms with Crippen LogP contribution in [0.25, 0.3) is 0 Å². The summed E-state index contributed by atoms with van der Waals surface area (Å²) in [6.45, 7) is 0.564. The number of benzene rings is 2. The van der Waals surface area contributed by atoms with Crippen LogP contribution < -0.4 is 15.8 Å². The van der Waals surface area contributed by atoms with Gasteiger partial charge in [-0.2, -0.15) is 5.26 Å². The maximum absolute atomic E-state index is 11.0. The predicted octanol–water partition coefficient (Wildman–Crippen LogP) is 2.28. The number of amides is 1. The molecular formula is C16H15N3O2. The van der Waals surface area contributed by atoms with Crippen molar-refractivity contribution in [2.75, 3.05) is 12.4 Å². The summed E-state index contributed by atoms with van der Waals surface area (Å²) in [5, 5.41) is 12.3. The van der Waals surface area contributed by atoms with E-state index < -0.39 is 5.91 Å². The standard InChI is InChI=1S/C16H15N3O2/c1-21-15-7-2-11(8-13(15)9-17)10-19-14-5-3-12(4-6-14)16(18)20/h2-8,19H,10H2,1H3,(H2,18,20). The first-order chi connectivity index (χ1) is 10.1. The third-order valence-corrected chi connectivity index (χ3v) is 3.05. The van der Waals surface area contributed by atoms with E-state index in [0.717, 1.165) is 11.3 Å². The molecule has 5 nitrogen and oxygen atoms in total. The third kappa shape index (κ3) is 3.51. The summed E-state index contributed by atoms with van der Waals surface area (Å²) >= 11 is 0. The molecule has 0 aliphatic heterocycles. The summed E-state index contributed by atoms with van der Waals surface area (Å²) in [6.07, 6.45) is 0. The summed E-state index contributed by atoms with van der Waals surface area (Å²) in [7, 11) is 1.54. The van der Waals surface area contributed by atoms with E-state index in [2.05, 4.69) is 11.4 Å². The third-order valence-electron chi connectivity index (χ3n) is 3.05. The van der Waals surface area contributed by atoms with E-state index in [0.29, 0.717) is 23.4 Å². The molecule has 0 spiro atoms. The van der Waals surface area contributed by atoms with Crippen molar-refractivity contribution in [1.82, 2.24) is 0 Å². The van der Waals surface area contributed by atoms with Gasteiger partial charge >= 0.3 is 0 Å². The van der Waals surface area contributed by atoms with E-state index in [4.69, 9.17) is 15.7 Å². The topological polar surface area (TPSA) is 88.1 Å². The molecule has 2 aromatic rings. The van der Waals surface area contributed by atoms with Crippen molar-refractivity contribution in [3.63, 3.8) is 0 Å². The van der Waals surface area contributed by atoms with Gasteiger partial charge in [0.05, 0.1) is 12.7 Å². The second-order valence-corrected chi connectivity index (χ2v) is 4.44. The molecule has 0 aromatic heterocycles. The summed E-state index contributed by atoms with van der Waals surface area (Å²) in [5.74, 6) is 0.113. The van der Waals surface area contributed by atoms with Crippen LogP contribution in [0.1, 0.15) is 21.5 Å². The highest BCUT2D eigenvalue weighted by Gasteiger charge is 2.04. The van der Waals surface area contributed by atoms with Gasteiger partial charge in [0.15, 0.2) is 0 Å². The Labute approximate surface area is 123 Å². The van der Waals surface area contributed by atoms with Crippen LogP contribution in [0.15, 0.2) is 42.5 Å². The van der Waals surface area contributed by atoms with E-state index in [1.165, 1.54) is 7.11 Å². The van der Waals surface area contributed by atoms with Crippen molar-refractivity contribution in [3.8, 4) is 11.8 Å². The molecule has 0 aliphatic carbocycles. The van der Waals surface area contributed by atoms with Gasteiger partial charge in [-0.1, -0.05) is 6.07 Å². The minimum Gasteiger partial charge on any atom is -0.495 e. The number of anilines is 1. The van der Waals surface area contributed by atoms with E-state index in [1.807, 2.05) is 6.07 Å². The van der Waals surface area contributed by atoms with E-state index in [-0.39, 0.29) is 0 Å². The van der Waals surface area contributed by atoms with Gasteiger partial charge in [0.2, 0.25) is 5.91 Å². The molecule has 0 aliphatic rings. The Morgan fingerprint density at radius 1 is 1.29 bits per heavy atom. The van der Waals surface area contributed by atoms with Gasteiger partial charge < -0.3 is 15.8 Å². The maximum atomic E-state index is 11.0. The molecule has 106 valence electrons. The average Bonchev–Trinajstić information content (AvgIpc) is 2.52. The fourth-order valence-corrected chi connectivity index (χ4v) is 1.91. The molecule has 0 radical (unpaired) electrons. The van der Waals surface area contributed by atoms with Crippen LogP contribution in [0.2, 0.25) is 0 Å². The fourth-order valence-electron chi connectivity index (χ4n) is 1.91. The molecule has 0 unspecified atom stereocenters. The van der Waals surface area contributed by atoms with Crippen LogP contribution in [0.3, 0.4) is 0 Å². The van der Waals surface area contributed by atoms with E-state index in [9.17, 15) is 4.79 Å². The molecular weight excluding hydrogens is 266 g/mol. The van der Waals surface area contributed by atoms with E-state index >= 15 is 0 Å². The summed E-state index contributed by atoms with van der Waals surface area (Å²) in [6, 6.07) is 14.5. The first kappa shape index (κ1) is 14.4. The monoisotopic (exact) mass is 281 g/mol. The molecule has 0 bridgehead atoms. The van der Waals surface area contributed by atoms with Crippen molar-refractivity contribution in [2.45, 2.75) is 6.54 Å². The molecule has 0 heterocycles. The van der Waals surface area contributed by atoms with Crippen LogP contribution in [-0.2, 0) is 6.54 Å². The molecule has 1 amide bonds. The van der Waals surface area contributed by atoms with Crippen LogP contribution in [-0.4, -0.2) is 13.0 Å². The van der Waals surface area contributed by atoms with Crippen LogP contribution in [0.5, 0.6) is 5.75 Å². The number of methoxy groups -OCH3 is 1. The Bertz CT molecular complexity index is 688. The summed E-state index contributed by atoms with van der Waals surface area (Å²) in [5.41, 5.74) is 7.99. The average molecular weight is 281 g/mol. The smallest absolute Gasteiger partial charge is 0.248 e. The zero-order valence-electron chi connectivity index (χ0n) is 11.6. The number of nitrogens with zero attached hydrogens (tertiary/aromatic N) is 1. The minimum atomic E-state index is -0.449. The Kier molecular flexibility index (Phi) is 4.42. The Balaban J connectivity index is 2.06. The van der Waals surface area contributed by atoms with Crippen LogP contribution in [0.4, 0.5) is 5.69 Å². The number of rotatable bonds is 5. The molecule has 0 fully saturated rings. The maximum Gasteiger partial charge on any atom is 0.248 e. The molecule has 2 rings (SSSR count). The molecule has 0 atom stereocenters. The lowest BCUT2D eigenvalue weighted by atomic mass is 10.1. The highest BCUT2D eigenvalue weighted by Crippen LogP contribution is 2.19. The van der Waals surface area contributed by atoms with Crippen molar-refractivity contribution in [3.05, 3.63) is 59.2 Å². The highest BCUT2D eigenvalue weighted by atomic mass is 16.5. The van der Waals surface area contributed by atoms with E-state index in [1.54, 1.807) is 36.4 Å². The van der Waals surface area contributed by atoms with Gasteiger partial charge in [0, 0.05) is 17.8 Å². The van der Waals surface area contributed by atoms with Gasteiger partial charge in [0.25, 0.3) is 0 Å². The minimum absolute atomic E-state index is 0.449. The van der Waals surface area contributed by atoms with Crippen molar-refractivity contribution in [1.29, 1.82) is 5.26 Å². The molecule has 5 heteroatoms. The van der Waals surface area contributed by atoms with Crippen LogP contribution in [0, 0.1) is 11.3 Å². The number of hydrogen-bond donors (Lipinski definition) is 2. The first-order valence-corrected chi connectivity index (χ1v) is 6.35. The lowest BCUT2D eigenvalue weighted by molar-refractivity contribution is 0.100. The summed E-state index contributed by atoms with van der Waals surface area (Å²) < 4.78 is 5.10. The Morgan fingerprint density at radius 2 is 2.00 bits per heavy atom. The van der Waals surface area contributed by atoms with Crippen molar-refractivity contribution < 1.29 is 9.53 Å². The number of nitrogens with two attached hydrogens (primary N) is 1. The normalized spacial score (nSPS) is 9.71. The fraction of sp³-hybridized carbons (Fsp3) is 0.125. The SMILES string of the molecule is COc1ccc(CNc2ccc(C(N)=O)cc2)cc1C#N. The largest absolute Gasteiger partial charge is 0.495 e. The molecule has 3 N–H and O–H groups in total. The van der Waals surface area contributed by atoms with Crippen LogP contribution >= 0.6 is 0 Å². The van der Waals surface area contributed by atoms with Gasteiger partial charge in [-0.15, -0.1) is 0 Å². The molecule has 0 saturated carbocycles. The number of hydrogen-bond acceptors (Lipinski definition) is 4. The van der Waals surface area contributed by atoms with Gasteiger partial charge in [-0.25, -0.2) is 0 Å². The quantitative estimate of drug-likeness (QED) is 0.880. The predicted molar refractivity (Wildman–Crippen MR) is 80.0 cm³/mol. The lowest BCUT2D eigenvalue weighted by Crippen LogP contribution is -2.10. The van der Waals surface area contributed by atoms with Crippen molar-refractivity contribution >= 4 is 11.6 Å². The molecule has 21 heavy (non-hydrogen) atoms. The Morgan fingerprint density at radius 3 is 2.57 bits per heavy atom. The second kappa shape index (κ2) is 6.44. The van der Waals surface area contributed by atoms with Gasteiger partial charge in [0.1, 0.15) is 11.8 Å². The number of nitrogens with one attached hydrogen (secondary N) is 1. The second-order valence-electron chi connectivity index (χ2n) is 4.44. The zero-order chi connectivity index (χ0) is 15.2. The highest BCUT2D eigenvalue weighted by molar-refractivity contribution is 5.93. The molecule has 0 saturated heterocycles. The number of nitriles is 1. The first-order valence-electron chi connectivity index (χ1n) is 6.35. The lowest BCUT2D eigenvalue weighted by Gasteiger charge is -2.09. The zero-order valence-corrected chi connectivity index (χ0v) is 11.6. The van der Waals surface area contributed by atoms with Crippen molar-refractivity contribution in [2.24, 2.45) is 5.73 Å². The molecule has 2 aromatic carbocycles. The number of carbonyl (C=O) groups is 1. The Hall–Kier alpha value is -3.00. The number of carbonyl (C=O) groups excluding carboxylic acids is 1.